The number of hydrogen-bond donors (Lipinski definition) is 1. The lowest BCUT2D eigenvalue weighted by Crippen LogP contribution is -2.28. The summed E-state index contributed by atoms with van der Waals surface area (Å²) in [5.74, 6) is -1.16. The molecule has 1 atom stereocenters. The van der Waals surface area contributed by atoms with Crippen LogP contribution in [0.25, 0.3) is 0 Å². The van der Waals surface area contributed by atoms with E-state index in [1.807, 2.05) is 30.1 Å². The highest BCUT2D eigenvalue weighted by atomic mass is 16.5. The minimum absolute atomic E-state index is 0.0491. The van der Waals surface area contributed by atoms with E-state index >= 15 is 0 Å². The van der Waals surface area contributed by atoms with Gasteiger partial charge in [0.2, 0.25) is 5.88 Å². The molecular formula is C20H23N3O4. The number of aryl methyl sites for hydroxylation is 1. The van der Waals surface area contributed by atoms with Gasteiger partial charge in [0.15, 0.2) is 11.9 Å². The molecule has 2 N–H and O–H groups in total. The Labute approximate surface area is 157 Å². The molecule has 1 aliphatic rings. The van der Waals surface area contributed by atoms with Crippen LogP contribution in [0.2, 0.25) is 0 Å². The van der Waals surface area contributed by atoms with Gasteiger partial charge in [0.25, 0.3) is 0 Å². The fourth-order valence-corrected chi connectivity index (χ4v) is 3.42. The van der Waals surface area contributed by atoms with Gasteiger partial charge >= 0.3 is 5.97 Å². The Kier molecular flexibility index (Phi) is 4.55. The van der Waals surface area contributed by atoms with Crippen molar-refractivity contribution in [3.63, 3.8) is 0 Å². The monoisotopic (exact) mass is 369 g/mol. The Morgan fingerprint density at radius 1 is 1.33 bits per heavy atom. The first-order chi connectivity index (χ1) is 12.6. The van der Waals surface area contributed by atoms with Crippen molar-refractivity contribution in [2.24, 2.45) is 0 Å². The second kappa shape index (κ2) is 6.57. The molecule has 0 saturated carbocycles. The minimum atomic E-state index is -0.966. The van der Waals surface area contributed by atoms with E-state index in [0.717, 1.165) is 16.9 Å². The highest BCUT2D eigenvalue weighted by molar-refractivity contribution is 6.00. The standard InChI is InChI=1S/C20H23N3O4/c1-11-17(18(21)27-22-11)19(25)26-12(2)15(24)10-16-20(3,4)13-8-6-7-9-14(13)23(16)5/h6-10,12H,21H2,1-5H3/b16-10-/t12-/m0/s1. The number of likely N-dealkylation sites (N-methyl/N-ethyl adjacent to an activating group) is 1. The Bertz CT molecular complexity index is 923. The zero-order valence-electron chi connectivity index (χ0n) is 16.1. The molecule has 0 amide bonds. The predicted molar refractivity (Wildman–Crippen MR) is 101 cm³/mol. The molecule has 3 rings (SSSR count). The smallest absolute Gasteiger partial charge is 0.346 e. The molecule has 1 aromatic heterocycles. The molecule has 0 bridgehead atoms. The highest BCUT2D eigenvalue weighted by Crippen LogP contribution is 2.46. The molecule has 27 heavy (non-hydrogen) atoms. The maximum Gasteiger partial charge on any atom is 0.346 e. The maximum atomic E-state index is 12.7. The summed E-state index contributed by atoms with van der Waals surface area (Å²) >= 11 is 0. The number of anilines is 2. The molecule has 1 aliphatic heterocycles. The number of carbonyl (C=O) groups is 2. The van der Waals surface area contributed by atoms with Crippen LogP contribution in [0, 0.1) is 6.92 Å². The van der Waals surface area contributed by atoms with Crippen molar-refractivity contribution in [3.05, 3.63) is 52.9 Å². The van der Waals surface area contributed by atoms with Crippen LogP contribution < -0.4 is 10.6 Å². The van der Waals surface area contributed by atoms with Crippen LogP contribution in [0.3, 0.4) is 0 Å². The molecule has 0 radical (unpaired) electrons. The maximum absolute atomic E-state index is 12.7. The molecule has 142 valence electrons. The predicted octanol–water partition coefficient (Wildman–Crippen LogP) is 2.99. The zero-order chi connectivity index (χ0) is 19.9. The summed E-state index contributed by atoms with van der Waals surface area (Å²) in [6.45, 7) is 7.24. The summed E-state index contributed by atoms with van der Waals surface area (Å²) in [5.41, 5.74) is 8.67. The molecule has 0 unspecified atom stereocenters. The molecule has 1 aromatic carbocycles. The summed E-state index contributed by atoms with van der Waals surface area (Å²) in [4.78, 5) is 27.0. The van der Waals surface area contributed by atoms with E-state index in [2.05, 4.69) is 25.1 Å². The molecule has 7 heteroatoms. The quantitative estimate of drug-likeness (QED) is 0.653. The van der Waals surface area contributed by atoms with Gasteiger partial charge in [0.1, 0.15) is 5.56 Å². The fourth-order valence-electron chi connectivity index (χ4n) is 3.42. The summed E-state index contributed by atoms with van der Waals surface area (Å²) in [6, 6.07) is 8.02. The van der Waals surface area contributed by atoms with Gasteiger partial charge in [-0.25, -0.2) is 4.79 Å². The number of allylic oxidation sites excluding steroid dienone is 1. The fraction of sp³-hybridized carbons (Fsp3) is 0.350. The number of nitrogen functional groups attached to an aromatic ring is 1. The Morgan fingerprint density at radius 2 is 2.00 bits per heavy atom. The van der Waals surface area contributed by atoms with E-state index < -0.39 is 12.1 Å². The van der Waals surface area contributed by atoms with Gasteiger partial charge in [-0.2, -0.15) is 0 Å². The average molecular weight is 369 g/mol. The number of ether oxygens (including phenoxy) is 1. The van der Waals surface area contributed by atoms with E-state index in [9.17, 15) is 9.59 Å². The number of rotatable bonds is 4. The van der Waals surface area contributed by atoms with Gasteiger partial charge < -0.3 is 19.9 Å². The number of aromatic nitrogens is 1. The molecular weight excluding hydrogens is 346 g/mol. The zero-order valence-corrected chi connectivity index (χ0v) is 16.1. The van der Waals surface area contributed by atoms with Crippen LogP contribution in [-0.4, -0.2) is 30.1 Å². The average Bonchev–Trinajstić information content (AvgIpc) is 3.05. The summed E-state index contributed by atoms with van der Waals surface area (Å²) < 4.78 is 10.0. The van der Waals surface area contributed by atoms with Crippen LogP contribution in [0.15, 0.2) is 40.6 Å². The van der Waals surface area contributed by atoms with Crippen LogP contribution in [-0.2, 0) is 14.9 Å². The van der Waals surface area contributed by atoms with Gasteiger partial charge in [-0.1, -0.05) is 37.2 Å². The second-order valence-electron chi connectivity index (χ2n) is 7.19. The third kappa shape index (κ3) is 3.09. The first kappa shape index (κ1) is 18.7. The largest absolute Gasteiger partial charge is 0.450 e. The van der Waals surface area contributed by atoms with Crippen LogP contribution in [0.5, 0.6) is 0 Å². The Hall–Kier alpha value is -3.09. The molecule has 0 fully saturated rings. The lowest BCUT2D eigenvalue weighted by Gasteiger charge is -2.24. The molecule has 0 aliphatic carbocycles. The number of carbonyl (C=O) groups excluding carboxylic acids is 2. The number of fused-ring (bicyclic) bond motifs is 1. The van der Waals surface area contributed by atoms with Gasteiger partial charge in [0, 0.05) is 29.9 Å². The molecule has 7 nitrogen and oxygen atoms in total. The minimum Gasteiger partial charge on any atom is -0.450 e. The number of benzene rings is 1. The summed E-state index contributed by atoms with van der Waals surface area (Å²) in [7, 11) is 1.92. The van der Waals surface area contributed by atoms with Gasteiger partial charge in [-0.3, -0.25) is 4.79 Å². The number of esters is 1. The highest BCUT2D eigenvalue weighted by Gasteiger charge is 2.39. The van der Waals surface area contributed by atoms with Gasteiger partial charge in [0.05, 0.1) is 5.69 Å². The Morgan fingerprint density at radius 3 is 2.59 bits per heavy atom. The van der Waals surface area contributed by atoms with Gasteiger partial charge in [-0.05, 0) is 25.5 Å². The Balaban J connectivity index is 1.81. The van der Waals surface area contributed by atoms with Crippen molar-refractivity contribution in [1.29, 1.82) is 0 Å². The SMILES string of the molecule is Cc1noc(N)c1C(=O)O[C@@H](C)C(=O)/C=C1\N(C)c2ccccc2C1(C)C. The van der Waals surface area contributed by atoms with Crippen LogP contribution in [0.1, 0.15) is 42.4 Å². The van der Waals surface area contributed by atoms with Crippen molar-refractivity contribution in [1.82, 2.24) is 5.16 Å². The normalized spacial score (nSPS) is 17.7. The van der Waals surface area contributed by atoms with E-state index in [1.54, 1.807) is 13.0 Å². The number of nitrogens with zero attached hydrogens (tertiary/aromatic N) is 2. The second-order valence-corrected chi connectivity index (χ2v) is 7.19. The van der Waals surface area contributed by atoms with Crippen molar-refractivity contribution in [3.8, 4) is 0 Å². The van der Waals surface area contributed by atoms with Crippen LogP contribution >= 0.6 is 0 Å². The number of hydrogen-bond acceptors (Lipinski definition) is 7. The van der Waals surface area contributed by atoms with Crippen molar-refractivity contribution < 1.29 is 18.8 Å². The number of nitrogens with two attached hydrogens (primary N) is 1. The summed E-state index contributed by atoms with van der Waals surface area (Å²) in [6.07, 6.45) is 0.577. The van der Waals surface area contributed by atoms with Gasteiger partial charge in [-0.15, -0.1) is 0 Å². The van der Waals surface area contributed by atoms with Crippen molar-refractivity contribution in [2.75, 3.05) is 17.7 Å². The number of para-hydroxylation sites is 1. The molecule has 2 heterocycles. The molecule has 0 saturated heterocycles. The van der Waals surface area contributed by atoms with Crippen LogP contribution in [0.4, 0.5) is 11.6 Å². The third-order valence-corrected chi connectivity index (χ3v) is 5.00. The third-order valence-electron chi connectivity index (χ3n) is 5.00. The topological polar surface area (TPSA) is 98.7 Å². The lowest BCUT2D eigenvalue weighted by atomic mass is 9.83. The van der Waals surface area contributed by atoms with E-state index in [-0.39, 0.29) is 22.6 Å². The molecule has 0 spiro atoms. The van der Waals surface area contributed by atoms with Crippen molar-refractivity contribution in [2.45, 2.75) is 39.2 Å². The first-order valence-corrected chi connectivity index (χ1v) is 8.66. The number of ketones is 1. The molecule has 2 aromatic rings. The summed E-state index contributed by atoms with van der Waals surface area (Å²) in [5, 5.41) is 3.62. The first-order valence-electron chi connectivity index (χ1n) is 8.66. The van der Waals surface area contributed by atoms with E-state index in [1.165, 1.54) is 6.92 Å². The van der Waals surface area contributed by atoms with Crippen molar-refractivity contribution >= 4 is 23.3 Å². The van der Waals surface area contributed by atoms with E-state index in [4.69, 9.17) is 15.0 Å². The van der Waals surface area contributed by atoms with E-state index in [0.29, 0.717) is 5.69 Å². The lowest BCUT2D eigenvalue weighted by molar-refractivity contribution is -0.122.